The van der Waals surface area contributed by atoms with E-state index in [-0.39, 0.29) is 30.0 Å². The number of halogens is 2. The van der Waals surface area contributed by atoms with Gasteiger partial charge in [-0.25, -0.2) is 4.99 Å². The number of hydrogen-bond acceptors (Lipinski definition) is 4. The number of guanidine groups is 1. The van der Waals surface area contributed by atoms with Gasteiger partial charge in [0.1, 0.15) is 24.5 Å². The maximum Gasteiger partial charge on any atom is 0.192 e. The molecule has 1 atom stereocenters. The van der Waals surface area contributed by atoms with Crippen molar-refractivity contribution < 1.29 is 4.42 Å². The number of aryl methyl sites for hydroxylation is 1. The van der Waals surface area contributed by atoms with Crippen LogP contribution >= 0.6 is 39.9 Å². The molecule has 29 heavy (non-hydrogen) atoms. The van der Waals surface area contributed by atoms with Crippen LogP contribution in [0, 0.1) is 0 Å². The highest BCUT2D eigenvalue weighted by molar-refractivity contribution is 14.0. The fraction of sp³-hybridized carbons (Fsp3) is 0.350. The summed E-state index contributed by atoms with van der Waals surface area (Å²) in [5.74, 6) is 2.53. The van der Waals surface area contributed by atoms with Gasteiger partial charge in [-0.05, 0) is 30.7 Å². The summed E-state index contributed by atoms with van der Waals surface area (Å²) in [7, 11) is 0. The third kappa shape index (κ3) is 6.84. The number of nitrogens with one attached hydrogen (secondary N) is 2. The van der Waals surface area contributed by atoms with E-state index in [2.05, 4.69) is 61.7 Å². The van der Waals surface area contributed by atoms with Crippen LogP contribution in [0.5, 0.6) is 0 Å². The summed E-state index contributed by atoms with van der Waals surface area (Å²) in [5, 5.41) is 15.0. The Bertz CT molecular complexity index is 896. The highest BCUT2D eigenvalue weighted by atomic mass is 127. The molecule has 0 bridgehead atoms. The zero-order valence-electron chi connectivity index (χ0n) is 16.5. The summed E-state index contributed by atoms with van der Waals surface area (Å²) in [6, 6.07) is 12.0. The number of rotatable bonds is 8. The topological polar surface area (TPSA) is 80.3 Å². The number of benzene rings is 1. The maximum atomic E-state index is 5.40. The van der Waals surface area contributed by atoms with Crippen LogP contribution in [0.1, 0.15) is 37.0 Å². The Kier molecular flexibility index (Phi) is 9.65. The van der Waals surface area contributed by atoms with E-state index in [0.717, 1.165) is 35.0 Å². The number of aliphatic imine (C=N–C) groups is 1. The van der Waals surface area contributed by atoms with Gasteiger partial charge in [0.15, 0.2) is 5.96 Å². The molecule has 0 radical (unpaired) electrons. The van der Waals surface area contributed by atoms with Gasteiger partial charge in [0.05, 0.1) is 12.3 Å². The molecule has 3 rings (SSSR count). The molecule has 0 fully saturated rings. The molecule has 0 saturated heterocycles. The van der Waals surface area contributed by atoms with Crippen molar-refractivity contribution in [3.63, 3.8) is 0 Å². The summed E-state index contributed by atoms with van der Waals surface area (Å²) in [4.78, 5) is 4.67. The Morgan fingerprint density at radius 1 is 1.28 bits per heavy atom. The summed E-state index contributed by atoms with van der Waals surface area (Å²) in [6.07, 6.45) is 4.28. The third-order valence-corrected chi connectivity index (χ3v) is 5.08. The quantitative estimate of drug-likeness (QED) is 0.239. The van der Waals surface area contributed by atoms with E-state index in [9.17, 15) is 0 Å². The molecule has 0 spiro atoms. The highest BCUT2D eigenvalue weighted by Crippen LogP contribution is 2.22. The summed E-state index contributed by atoms with van der Waals surface area (Å²) in [6.45, 7) is 6.13. The van der Waals surface area contributed by atoms with Crippen LogP contribution in [-0.4, -0.2) is 27.3 Å². The Balaban J connectivity index is 0.00000300. The maximum absolute atomic E-state index is 5.40. The van der Waals surface area contributed by atoms with Gasteiger partial charge in [0.25, 0.3) is 0 Å². The van der Waals surface area contributed by atoms with E-state index >= 15 is 0 Å². The van der Waals surface area contributed by atoms with Crippen molar-refractivity contribution in [2.75, 3.05) is 6.54 Å². The molecule has 0 aliphatic heterocycles. The number of furan rings is 1. The third-order valence-electron chi connectivity index (χ3n) is 4.36. The monoisotopic (exact) mass is 572 g/mol. The van der Waals surface area contributed by atoms with Crippen LogP contribution < -0.4 is 10.6 Å². The summed E-state index contributed by atoms with van der Waals surface area (Å²) in [5.41, 5.74) is 1.17. The molecule has 156 valence electrons. The van der Waals surface area contributed by atoms with E-state index in [1.54, 1.807) is 12.6 Å². The van der Waals surface area contributed by atoms with E-state index in [4.69, 9.17) is 4.42 Å². The molecule has 1 unspecified atom stereocenters. The second-order valence-electron chi connectivity index (χ2n) is 6.35. The van der Waals surface area contributed by atoms with Gasteiger partial charge in [0.2, 0.25) is 0 Å². The minimum Gasteiger partial charge on any atom is -0.467 e. The molecule has 7 nitrogen and oxygen atoms in total. The van der Waals surface area contributed by atoms with Gasteiger partial charge in [-0.15, -0.1) is 34.2 Å². The van der Waals surface area contributed by atoms with Gasteiger partial charge in [-0.1, -0.05) is 41.1 Å². The number of hydrogen-bond donors (Lipinski definition) is 2. The molecule has 2 aromatic heterocycles. The molecular formula is C20H26BrIN6O. The standard InChI is InChI=1S/C20H25BrN6O.HI/c1-3-19-26-24-14-27(19)11-10-22-20(23-13-16-7-6-12-28-16)25-15(2)17-8-4-5-9-18(17)21;/h4-9,12,14-15H,3,10-11,13H2,1-2H3,(H2,22,23,25);1H. The molecule has 2 N–H and O–H groups in total. The first kappa shape index (κ1) is 23.4. The SMILES string of the molecule is CCc1nncn1CCNC(=NCc1ccco1)NC(C)c1ccccc1Br.I. The van der Waals surface area contributed by atoms with Gasteiger partial charge in [-0.2, -0.15) is 0 Å². The van der Waals surface area contributed by atoms with Gasteiger partial charge in [-0.3, -0.25) is 0 Å². The second-order valence-corrected chi connectivity index (χ2v) is 7.21. The predicted molar refractivity (Wildman–Crippen MR) is 128 cm³/mol. The van der Waals surface area contributed by atoms with E-state index in [0.29, 0.717) is 13.1 Å². The fourth-order valence-electron chi connectivity index (χ4n) is 2.86. The van der Waals surface area contributed by atoms with Crippen LogP contribution in [0.4, 0.5) is 0 Å². The highest BCUT2D eigenvalue weighted by Gasteiger charge is 2.11. The average Bonchev–Trinajstić information content (AvgIpc) is 3.37. The largest absolute Gasteiger partial charge is 0.467 e. The molecule has 0 aliphatic rings. The lowest BCUT2D eigenvalue weighted by molar-refractivity contribution is 0.511. The van der Waals surface area contributed by atoms with Gasteiger partial charge in [0, 0.05) is 24.0 Å². The van der Waals surface area contributed by atoms with Crippen molar-refractivity contribution >= 4 is 45.9 Å². The normalized spacial score (nSPS) is 12.3. The smallest absolute Gasteiger partial charge is 0.192 e. The van der Waals surface area contributed by atoms with Gasteiger partial charge >= 0.3 is 0 Å². The molecular weight excluding hydrogens is 547 g/mol. The fourth-order valence-corrected chi connectivity index (χ4v) is 3.48. The lowest BCUT2D eigenvalue weighted by Gasteiger charge is -2.20. The lowest BCUT2D eigenvalue weighted by Crippen LogP contribution is -2.40. The molecule has 9 heteroatoms. The van der Waals surface area contributed by atoms with E-state index in [1.165, 1.54) is 5.56 Å². The van der Waals surface area contributed by atoms with E-state index < -0.39 is 0 Å². The molecule has 0 saturated carbocycles. The van der Waals surface area contributed by atoms with Crippen LogP contribution in [-0.2, 0) is 19.5 Å². The van der Waals surface area contributed by atoms with Crippen molar-refractivity contribution in [1.82, 2.24) is 25.4 Å². The van der Waals surface area contributed by atoms with Crippen LogP contribution in [0.3, 0.4) is 0 Å². The Morgan fingerprint density at radius 3 is 2.83 bits per heavy atom. The second kappa shape index (κ2) is 12.0. The van der Waals surface area contributed by atoms with Crippen molar-refractivity contribution in [3.8, 4) is 0 Å². The Morgan fingerprint density at radius 2 is 2.10 bits per heavy atom. The van der Waals surface area contributed by atoms with Crippen molar-refractivity contribution in [3.05, 3.63) is 70.6 Å². The van der Waals surface area contributed by atoms with Crippen molar-refractivity contribution in [1.29, 1.82) is 0 Å². The first-order valence-electron chi connectivity index (χ1n) is 9.35. The number of aromatic nitrogens is 3. The zero-order chi connectivity index (χ0) is 19.8. The predicted octanol–water partition coefficient (Wildman–Crippen LogP) is 4.31. The van der Waals surface area contributed by atoms with Gasteiger partial charge < -0.3 is 19.6 Å². The Labute approximate surface area is 196 Å². The van der Waals surface area contributed by atoms with E-state index in [1.807, 2.05) is 34.9 Å². The molecule has 0 amide bonds. The average molecular weight is 573 g/mol. The molecule has 1 aromatic carbocycles. The molecule has 0 aliphatic carbocycles. The van der Waals surface area contributed by atoms with Crippen molar-refractivity contribution in [2.24, 2.45) is 4.99 Å². The molecule has 3 aromatic rings. The first-order valence-corrected chi connectivity index (χ1v) is 10.1. The lowest BCUT2D eigenvalue weighted by atomic mass is 10.1. The van der Waals surface area contributed by atoms with Crippen LogP contribution in [0.25, 0.3) is 0 Å². The zero-order valence-corrected chi connectivity index (χ0v) is 20.4. The first-order chi connectivity index (χ1) is 13.7. The molecule has 2 heterocycles. The minimum atomic E-state index is 0. The summed E-state index contributed by atoms with van der Waals surface area (Å²) < 4.78 is 8.51. The number of nitrogens with zero attached hydrogens (tertiary/aromatic N) is 4. The van der Waals surface area contributed by atoms with Crippen LogP contribution in [0.2, 0.25) is 0 Å². The van der Waals surface area contributed by atoms with Crippen molar-refractivity contribution in [2.45, 2.75) is 39.4 Å². The summed E-state index contributed by atoms with van der Waals surface area (Å²) >= 11 is 3.62. The van der Waals surface area contributed by atoms with Crippen LogP contribution in [0.15, 0.2) is 62.9 Å². The Hall–Kier alpha value is -1.88. The minimum absolute atomic E-state index is 0.